The van der Waals surface area contributed by atoms with Crippen LogP contribution in [0, 0.1) is 0 Å². The van der Waals surface area contributed by atoms with E-state index in [4.69, 9.17) is 23.7 Å². The first-order valence-electron chi connectivity index (χ1n) is 8.60. The Hall–Kier alpha value is -1.80. The number of carbonyl (C=O) groups is 2. The average Bonchev–Trinajstić information content (AvgIpc) is 3.14. The highest BCUT2D eigenvalue weighted by Gasteiger charge is 2.47. The van der Waals surface area contributed by atoms with Crippen molar-refractivity contribution in [2.45, 2.75) is 57.6 Å². The molecule has 1 aromatic rings. The van der Waals surface area contributed by atoms with Crippen molar-refractivity contribution in [3.63, 3.8) is 0 Å². The lowest BCUT2D eigenvalue weighted by Gasteiger charge is -2.25. The molecule has 3 rings (SSSR count). The third-order valence-electron chi connectivity index (χ3n) is 4.22. The van der Waals surface area contributed by atoms with E-state index in [1.807, 2.05) is 0 Å². The fraction of sp³-hybridized carbons (Fsp3) is 0.579. The molecule has 0 spiro atoms. The van der Waals surface area contributed by atoms with Crippen molar-refractivity contribution in [3.8, 4) is 0 Å². The van der Waals surface area contributed by atoms with Crippen LogP contribution in [-0.4, -0.2) is 54.9 Å². The number of rotatable bonds is 5. The zero-order chi connectivity index (χ0) is 18.9. The van der Waals surface area contributed by atoms with Gasteiger partial charge in [0.2, 0.25) is 5.78 Å². The smallest absolute Gasteiger partial charge is 0.338 e. The number of ether oxygens (including phenoxy) is 5. The molecule has 0 bridgehead atoms. The van der Waals surface area contributed by atoms with Crippen molar-refractivity contribution < 1.29 is 33.3 Å². The first-order chi connectivity index (χ1) is 12.2. The first-order valence-corrected chi connectivity index (χ1v) is 8.60. The normalized spacial score (nSPS) is 27.8. The van der Waals surface area contributed by atoms with E-state index in [0.717, 1.165) is 0 Å². The van der Waals surface area contributed by atoms with E-state index in [2.05, 4.69) is 0 Å². The molecule has 0 amide bonds. The van der Waals surface area contributed by atoms with Gasteiger partial charge < -0.3 is 23.7 Å². The van der Waals surface area contributed by atoms with Gasteiger partial charge >= 0.3 is 5.97 Å². The van der Waals surface area contributed by atoms with Crippen LogP contribution in [0.1, 0.15) is 38.1 Å². The zero-order valence-electron chi connectivity index (χ0n) is 15.4. The minimum atomic E-state index is -1.15. The van der Waals surface area contributed by atoms with Gasteiger partial charge in [-0.2, -0.15) is 0 Å². The standard InChI is InChI=1S/C19H24O7/c1-18(2)22-10-13(25-18)15(20)16(14-11-23-19(3,4)26-14)24-17(21)12-8-6-5-7-9-12/h5-9,13-14,16H,10-11H2,1-4H3/t13-,14-,16+/m0/s1. The molecular weight excluding hydrogens is 340 g/mol. The second kappa shape index (κ2) is 7.08. The predicted molar refractivity (Wildman–Crippen MR) is 90.5 cm³/mol. The van der Waals surface area contributed by atoms with Crippen molar-refractivity contribution in [2.75, 3.05) is 13.2 Å². The van der Waals surface area contributed by atoms with Crippen LogP contribution in [0.5, 0.6) is 0 Å². The number of hydrogen-bond acceptors (Lipinski definition) is 7. The van der Waals surface area contributed by atoms with Gasteiger partial charge in [0.25, 0.3) is 0 Å². The number of benzene rings is 1. The van der Waals surface area contributed by atoms with Gasteiger partial charge in [-0.05, 0) is 39.8 Å². The molecule has 0 unspecified atom stereocenters. The van der Waals surface area contributed by atoms with Crippen molar-refractivity contribution in [2.24, 2.45) is 0 Å². The molecule has 0 aromatic heterocycles. The van der Waals surface area contributed by atoms with E-state index in [9.17, 15) is 9.59 Å². The van der Waals surface area contributed by atoms with Crippen LogP contribution >= 0.6 is 0 Å². The van der Waals surface area contributed by atoms with Crippen LogP contribution < -0.4 is 0 Å². The molecule has 2 aliphatic rings. The van der Waals surface area contributed by atoms with E-state index in [1.165, 1.54) is 0 Å². The van der Waals surface area contributed by atoms with E-state index >= 15 is 0 Å². The third-order valence-corrected chi connectivity index (χ3v) is 4.22. The first kappa shape index (κ1) is 19.0. The molecule has 26 heavy (non-hydrogen) atoms. The summed E-state index contributed by atoms with van der Waals surface area (Å²) in [5, 5.41) is 0. The number of carbonyl (C=O) groups excluding carboxylic acids is 2. The van der Waals surface area contributed by atoms with Gasteiger partial charge in [0.1, 0.15) is 12.2 Å². The number of Topliss-reactive ketones (excluding diaryl/α,β-unsaturated/α-hetero) is 1. The van der Waals surface area contributed by atoms with Gasteiger partial charge in [-0.25, -0.2) is 4.79 Å². The maximum absolute atomic E-state index is 13.0. The highest BCUT2D eigenvalue weighted by Crippen LogP contribution is 2.29. The Balaban J connectivity index is 1.78. The maximum atomic E-state index is 13.0. The molecule has 2 aliphatic heterocycles. The summed E-state index contributed by atoms with van der Waals surface area (Å²) >= 11 is 0. The summed E-state index contributed by atoms with van der Waals surface area (Å²) in [5.41, 5.74) is 0.354. The van der Waals surface area contributed by atoms with Crippen molar-refractivity contribution >= 4 is 11.8 Å². The SMILES string of the molecule is CC1(C)OC[C@@H](C(=O)[C@H](OC(=O)c2ccccc2)[C@@H]2COC(C)(C)O2)O1. The maximum Gasteiger partial charge on any atom is 0.338 e. The molecule has 1 aromatic carbocycles. The largest absolute Gasteiger partial charge is 0.448 e. The second-order valence-corrected chi connectivity index (χ2v) is 7.28. The highest BCUT2D eigenvalue weighted by atomic mass is 16.8. The Bertz CT molecular complexity index is 668. The molecular formula is C19H24O7. The summed E-state index contributed by atoms with van der Waals surface area (Å²) in [7, 11) is 0. The van der Waals surface area contributed by atoms with Gasteiger partial charge in [0, 0.05) is 0 Å². The van der Waals surface area contributed by atoms with E-state index in [0.29, 0.717) is 5.56 Å². The van der Waals surface area contributed by atoms with Crippen LogP contribution in [0.2, 0.25) is 0 Å². The summed E-state index contributed by atoms with van der Waals surface area (Å²) in [6, 6.07) is 8.49. The molecule has 2 fully saturated rings. The molecule has 3 atom stereocenters. The monoisotopic (exact) mass is 364 g/mol. The molecule has 0 aliphatic carbocycles. The molecule has 0 radical (unpaired) electrons. The van der Waals surface area contributed by atoms with Crippen molar-refractivity contribution in [3.05, 3.63) is 35.9 Å². The highest BCUT2D eigenvalue weighted by molar-refractivity contribution is 5.94. The Morgan fingerprint density at radius 1 is 1.00 bits per heavy atom. The Morgan fingerprint density at radius 2 is 1.62 bits per heavy atom. The number of ketones is 1. The van der Waals surface area contributed by atoms with Gasteiger partial charge in [-0.15, -0.1) is 0 Å². The molecule has 2 saturated heterocycles. The fourth-order valence-corrected chi connectivity index (χ4v) is 2.95. The third kappa shape index (κ3) is 4.29. The lowest BCUT2D eigenvalue weighted by molar-refractivity contribution is -0.170. The minimum Gasteiger partial charge on any atom is -0.448 e. The molecule has 142 valence electrons. The molecule has 7 heteroatoms. The Labute approximate surface area is 152 Å². The lowest BCUT2D eigenvalue weighted by Crippen LogP contribution is -2.46. The summed E-state index contributed by atoms with van der Waals surface area (Å²) in [6.45, 7) is 7.18. The molecule has 0 N–H and O–H groups in total. The topological polar surface area (TPSA) is 80.3 Å². The van der Waals surface area contributed by atoms with Crippen LogP contribution in [-0.2, 0) is 28.5 Å². The van der Waals surface area contributed by atoms with E-state index in [-0.39, 0.29) is 13.2 Å². The Morgan fingerprint density at radius 3 is 2.15 bits per heavy atom. The fourth-order valence-electron chi connectivity index (χ4n) is 2.95. The quantitative estimate of drug-likeness (QED) is 0.740. The Kier molecular flexibility index (Phi) is 5.16. The van der Waals surface area contributed by atoms with E-state index < -0.39 is 41.6 Å². The summed E-state index contributed by atoms with van der Waals surface area (Å²) < 4.78 is 27.9. The van der Waals surface area contributed by atoms with Gasteiger partial charge in [-0.3, -0.25) is 4.79 Å². The second-order valence-electron chi connectivity index (χ2n) is 7.28. The predicted octanol–water partition coefficient (Wildman–Crippen LogP) is 2.08. The molecule has 2 heterocycles. The summed E-state index contributed by atoms with van der Waals surface area (Å²) in [5.74, 6) is -2.71. The zero-order valence-corrected chi connectivity index (χ0v) is 15.4. The summed E-state index contributed by atoms with van der Waals surface area (Å²) in [4.78, 5) is 25.5. The van der Waals surface area contributed by atoms with Gasteiger partial charge in [0.15, 0.2) is 17.7 Å². The molecule has 7 nitrogen and oxygen atoms in total. The average molecular weight is 364 g/mol. The summed E-state index contributed by atoms with van der Waals surface area (Å²) in [6.07, 6.45) is -2.68. The minimum absolute atomic E-state index is 0.0994. The van der Waals surface area contributed by atoms with Gasteiger partial charge in [-0.1, -0.05) is 18.2 Å². The van der Waals surface area contributed by atoms with Crippen LogP contribution in [0.15, 0.2) is 30.3 Å². The number of esters is 1. The van der Waals surface area contributed by atoms with Crippen LogP contribution in [0.3, 0.4) is 0 Å². The van der Waals surface area contributed by atoms with Crippen LogP contribution in [0.4, 0.5) is 0 Å². The van der Waals surface area contributed by atoms with Gasteiger partial charge in [0.05, 0.1) is 18.8 Å². The lowest BCUT2D eigenvalue weighted by atomic mass is 10.1. The van der Waals surface area contributed by atoms with Crippen molar-refractivity contribution in [1.82, 2.24) is 0 Å². The van der Waals surface area contributed by atoms with Crippen LogP contribution in [0.25, 0.3) is 0 Å². The molecule has 0 saturated carbocycles. The van der Waals surface area contributed by atoms with E-state index in [1.54, 1.807) is 58.0 Å². The number of hydrogen-bond donors (Lipinski definition) is 0. The van der Waals surface area contributed by atoms with Crippen molar-refractivity contribution in [1.29, 1.82) is 0 Å².